The van der Waals surface area contributed by atoms with Gasteiger partial charge in [0, 0.05) is 5.56 Å². The largest absolute Gasteiger partial charge is 0.466 e. The van der Waals surface area contributed by atoms with Gasteiger partial charge in [0.2, 0.25) is 0 Å². The van der Waals surface area contributed by atoms with Gasteiger partial charge in [0.15, 0.2) is 0 Å². The molecule has 0 saturated heterocycles. The molecule has 1 unspecified atom stereocenters. The van der Waals surface area contributed by atoms with E-state index in [1.165, 1.54) is 16.7 Å². The normalized spacial score (nSPS) is 12.9. The van der Waals surface area contributed by atoms with E-state index in [1.54, 1.807) is 11.3 Å². The molecule has 2 nitrogen and oxygen atoms in total. The van der Waals surface area contributed by atoms with E-state index in [-0.39, 0.29) is 6.04 Å². The first kappa shape index (κ1) is 15.3. The Kier molecular flexibility index (Phi) is 4.93. The number of nitrogens with one attached hydrogen (secondary N) is 1. The van der Waals surface area contributed by atoms with E-state index < -0.39 is 0 Å². The second-order valence-corrected chi connectivity index (χ2v) is 8.27. The highest BCUT2D eigenvalue weighted by atomic mass is 79.9. The Bertz CT molecular complexity index is 589. The minimum absolute atomic E-state index is 0.166. The number of aryl methyl sites for hydroxylation is 2. The zero-order chi connectivity index (χ0) is 14.2. The van der Waals surface area contributed by atoms with Crippen molar-refractivity contribution in [2.75, 3.05) is 6.54 Å². The Labute approximate surface area is 134 Å². The second-order valence-electron chi connectivity index (χ2n) is 4.52. The Balaban J connectivity index is 2.54. The van der Waals surface area contributed by atoms with Crippen LogP contribution in [0.15, 0.2) is 18.1 Å². The number of thiophene rings is 1. The van der Waals surface area contributed by atoms with E-state index in [0.717, 1.165) is 25.6 Å². The first-order valence-electron chi connectivity index (χ1n) is 6.20. The first-order chi connectivity index (χ1) is 8.95. The van der Waals surface area contributed by atoms with Crippen LogP contribution in [-0.2, 0) is 0 Å². The fourth-order valence-electron chi connectivity index (χ4n) is 2.36. The summed E-state index contributed by atoms with van der Waals surface area (Å²) in [5, 5.41) is 3.56. The van der Waals surface area contributed by atoms with Gasteiger partial charge in [-0.2, -0.15) is 0 Å². The lowest BCUT2D eigenvalue weighted by atomic mass is 9.97. The molecular formula is C14H17Br2NOS. The van der Waals surface area contributed by atoms with Gasteiger partial charge >= 0.3 is 0 Å². The monoisotopic (exact) mass is 405 g/mol. The Morgan fingerprint density at radius 3 is 2.37 bits per heavy atom. The molecule has 1 N–H and O–H groups in total. The van der Waals surface area contributed by atoms with Gasteiger partial charge in [-0.15, -0.1) is 11.3 Å². The van der Waals surface area contributed by atoms with Crippen molar-refractivity contribution in [2.45, 2.75) is 33.7 Å². The highest BCUT2D eigenvalue weighted by molar-refractivity contribution is 9.12. The van der Waals surface area contributed by atoms with Gasteiger partial charge in [-0.3, -0.25) is 0 Å². The molecule has 0 saturated carbocycles. The van der Waals surface area contributed by atoms with Crippen LogP contribution in [-0.4, -0.2) is 6.54 Å². The fraction of sp³-hybridized carbons (Fsp3) is 0.429. The van der Waals surface area contributed by atoms with Crippen molar-refractivity contribution in [1.29, 1.82) is 0 Å². The highest BCUT2D eigenvalue weighted by Crippen LogP contribution is 2.40. The molecule has 0 aliphatic carbocycles. The maximum Gasteiger partial charge on any atom is 0.106 e. The minimum atomic E-state index is 0.166. The standard InChI is InChI=1S/C14H17Br2NOS/c1-5-17-13(10-6-11(15)19-14(10)16)12-7(2)8(3)18-9(12)4/h6,13,17H,5H2,1-4H3. The molecule has 1 atom stereocenters. The number of rotatable bonds is 4. The molecular weight excluding hydrogens is 390 g/mol. The van der Waals surface area contributed by atoms with Gasteiger partial charge < -0.3 is 9.73 Å². The van der Waals surface area contributed by atoms with E-state index in [0.29, 0.717) is 0 Å². The summed E-state index contributed by atoms with van der Waals surface area (Å²) >= 11 is 8.91. The van der Waals surface area contributed by atoms with Gasteiger partial charge in [0.25, 0.3) is 0 Å². The van der Waals surface area contributed by atoms with E-state index in [4.69, 9.17) is 4.42 Å². The maximum atomic E-state index is 5.78. The number of hydrogen-bond donors (Lipinski definition) is 1. The third kappa shape index (κ3) is 2.99. The summed E-state index contributed by atoms with van der Waals surface area (Å²) in [5.41, 5.74) is 3.74. The van der Waals surface area contributed by atoms with Crippen LogP contribution < -0.4 is 5.32 Å². The van der Waals surface area contributed by atoms with Crippen LogP contribution in [0.5, 0.6) is 0 Å². The molecule has 19 heavy (non-hydrogen) atoms. The molecule has 0 bridgehead atoms. The molecule has 2 aromatic heterocycles. The molecule has 0 amide bonds. The first-order valence-corrected chi connectivity index (χ1v) is 8.60. The van der Waals surface area contributed by atoms with Crippen LogP contribution in [0, 0.1) is 20.8 Å². The van der Waals surface area contributed by atoms with Crippen LogP contribution in [0.4, 0.5) is 0 Å². The lowest BCUT2D eigenvalue weighted by Crippen LogP contribution is -2.22. The van der Waals surface area contributed by atoms with E-state index >= 15 is 0 Å². The smallest absolute Gasteiger partial charge is 0.106 e. The summed E-state index contributed by atoms with van der Waals surface area (Å²) < 4.78 is 8.06. The summed E-state index contributed by atoms with van der Waals surface area (Å²) in [6.07, 6.45) is 0. The van der Waals surface area contributed by atoms with Gasteiger partial charge in [-0.05, 0) is 76.4 Å². The zero-order valence-electron chi connectivity index (χ0n) is 11.4. The Hall–Kier alpha value is -0.100. The van der Waals surface area contributed by atoms with Crippen LogP contribution in [0.3, 0.4) is 0 Å². The van der Waals surface area contributed by atoms with Crippen LogP contribution >= 0.6 is 43.2 Å². The Morgan fingerprint density at radius 2 is 1.95 bits per heavy atom. The highest BCUT2D eigenvalue weighted by Gasteiger charge is 2.25. The van der Waals surface area contributed by atoms with Crippen LogP contribution in [0.2, 0.25) is 0 Å². The topological polar surface area (TPSA) is 25.2 Å². The molecule has 0 aliphatic rings. The molecule has 0 radical (unpaired) electrons. The summed E-state index contributed by atoms with van der Waals surface area (Å²) in [6.45, 7) is 9.22. The van der Waals surface area contributed by atoms with E-state index in [2.05, 4.69) is 57.1 Å². The predicted molar refractivity (Wildman–Crippen MR) is 88.2 cm³/mol. The van der Waals surface area contributed by atoms with Gasteiger partial charge in [0.05, 0.1) is 13.6 Å². The number of halogens is 2. The average Bonchev–Trinajstić information content (AvgIpc) is 2.78. The predicted octanol–water partition coefficient (Wildman–Crippen LogP) is 5.49. The van der Waals surface area contributed by atoms with Crippen LogP contribution in [0.1, 0.15) is 41.2 Å². The molecule has 2 heterocycles. The van der Waals surface area contributed by atoms with Crippen molar-refractivity contribution < 1.29 is 4.42 Å². The Morgan fingerprint density at radius 1 is 1.26 bits per heavy atom. The molecule has 0 aliphatic heterocycles. The maximum absolute atomic E-state index is 5.78. The lowest BCUT2D eigenvalue weighted by molar-refractivity contribution is 0.494. The van der Waals surface area contributed by atoms with Crippen molar-refractivity contribution in [3.8, 4) is 0 Å². The quantitative estimate of drug-likeness (QED) is 0.725. The lowest BCUT2D eigenvalue weighted by Gasteiger charge is -2.18. The summed E-state index contributed by atoms with van der Waals surface area (Å²) in [4.78, 5) is 0. The summed E-state index contributed by atoms with van der Waals surface area (Å²) in [5.74, 6) is 2.00. The van der Waals surface area contributed by atoms with Crippen molar-refractivity contribution in [3.63, 3.8) is 0 Å². The van der Waals surface area contributed by atoms with E-state index in [9.17, 15) is 0 Å². The zero-order valence-corrected chi connectivity index (χ0v) is 15.4. The number of hydrogen-bond acceptors (Lipinski definition) is 3. The molecule has 104 valence electrons. The van der Waals surface area contributed by atoms with Crippen molar-refractivity contribution in [1.82, 2.24) is 5.32 Å². The molecule has 0 spiro atoms. The second kappa shape index (κ2) is 6.12. The molecule has 0 fully saturated rings. The van der Waals surface area contributed by atoms with E-state index in [1.807, 2.05) is 13.8 Å². The average molecular weight is 407 g/mol. The van der Waals surface area contributed by atoms with Gasteiger partial charge in [-0.1, -0.05) is 6.92 Å². The SMILES string of the molecule is CCNC(c1cc(Br)sc1Br)c1c(C)oc(C)c1C. The summed E-state index contributed by atoms with van der Waals surface area (Å²) in [7, 11) is 0. The third-order valence-electron chi connectivity index (χ3n) is 3.31. The van der Waals surface area contributed by atoms with Crippen molar-refractivity contribution in [3.05, 3.63) is 41.9 Å². The fourth-order valence-corrected chi connectivity index (χ4v) is 5.26. The molecule has 2 rings (SSSR count). The molecule has 0 aromatic carbocycles. The third-order valence-corrected chi connectivity index (χ3v) is 5.69. The van der Waals surface area contributed by atoms with Crippen molar-refractivity contribution >= 4 is 43.2 Å². The molecule has 5 heteroatoms. The summed E-state index contributed by atoms with van der Waals surface area (Å²) in [6, 6.07) is 2.34. The number of furan rings is 1. The van der Waals surface area contributed by atoms with Gasteiger partial charge in [-0.25, -0.2) is 0 Å². The van der Waals surface area contributed by atoms with Crippen LogP contribution in [0.25, 0.3) is 0 Å². The van der Waals surface area contributed by atoms with Gasteiger partial charge in [0.1, 0.15) is 11.5 Å². The molecule has 2 aromatic rings. The minimum Gasteiger partial charge on any atom is -0.466 e. The van der Waals surface area contributed by atoms with Crippen molar-refractivity contribution in [2.24, 2.45) is 0 Å².